The molecule has 180 valence electrons. The maximum Gasteiger partial charge on any atom is 0.132 e. The Kier molecular flexibility index (Phi) is 6.37. The Balaban J connectivity index is 1.57. The summed E-state index contributed by atoms with van der Waals surface area (Å²) in [4.78, 5) is 9.52. The molecule has 2 atom stereocenters. The minimum Gasteiger partial charge on any atom is -0.459 e. The van der Waals surface area contributed by atoms with Crippen molar-refractivity contribution in [1.82, 2.24) is 4.98 Å². The smallest absolute Gasteiger partial charge is 0.132 e. The molecule has 0 radical (unpaired) electrons. The number of pyridine rings is 1. The Morgan fingerprint density at radius 2 is 1.94 bits per heavy atom. The fraction of sp³-hybridized carbons (Fsp3) is 0.310. The van der Waals surface area contributed by atoms with Crippen LogP contribution in [0, 0.1) is 11.6 Å². The first-order valence-corrected chi connectivity index (χ1v) is 12.2. The van der Waals surface area contributed by atoms with Crippen molar-refractivity contribution in [3.8, 4) is 5.75 Å². The van der Waals surface area contributed by atoms with Crippen molar-refractivity contribution >= 4 is 23.3 Å². The Hall–Kier alpha value is -3.54. The standard InChI is InChI=1S/C29H29F2N3O/c1-4-18-11-12-32-27-19(5-2)16-33-29(26(18)27)34-17(3)28-24(20-7-6-8-22(30)13-20)15-21-14-23(31)9-10-25(21)35-28/h6-10,12-14,16-18H,4-5,11,15H2,1-3H3,(H,33,34). The van der Waals surface area contributed by atoms with E-state index in [4.69, 9.17) is 14.7 Å². The number of anilines is 1. The van der Waals surface area contributed by atoms with Crippen molar-refractivity contribution in [2.24, 2.45) is 4.99 Å². The summed E-state index contributed by atoms with van der Waals surface area (Å²) < 4.78 is 34.4. The van der Waals surface area contributed by atoms with Crippen molar-refractivity contribution in [2.45, 2.75) is 58.4 Å². The lowest BCUT2D eigenvalue weighted by atomic mass is 9.88. The first-order valence-electron chi connectivity index (χ1n) is 12.2. The van der Waals surface area contributed by atoms with Crippen LogP contribution in [0.5, 0.6) is 5.75 Å². The minimum absolute atomic E-state index is 0.265. The third kappa shape index (κ3) is 4.45. The molecule has 1 N–H and O–H groups in total. The zero-order chi connectivity index (χ0) is 24.5. The van der Waals surface area contributed by atoms with Crippen LogP contribution in [0.3, 0.4) is 0 Å². The number of aliphatic imine (C=N–C) groups is 1. The van der Waals surface area contributed by atoms with Crippen LogP contribution in [-0.2, 0) is 12.8 Å². The molecule has 0 spiro atoms. The highest BCUT2D eigenvalue weighted by molar-refractivity contribution is 5.77. The summed E-state index contributed by atoms with van der Waals surface area (Å²) in [5.74, 6) is 1.78. The SMILES string of the molecule is CCc1cnc(NC(C)C2=C(c3cccc(F)c3)Cc3cc(F)ccc3O2)c2c1N=CCC2CC. The Morgan fingerprint density at radius 3 is 2.71 bits per heavy atom. The molecule has 2 aromatic carbocycles. The molecule has 0 amide bonds. The molecule has 35 heavy (non-hydrogen) atoms. The van der Waals surface area contributed by atoms with Crippen LogP contribution in [0.25, 0.3) is 5.57 Å². The van der Waals surface area contributed by atoms with Crippen LogP contribution < -0.4 is 10.1 Å². The fourth-order valence-corrected chi connectivity index (χ4v) is 5.02. The zero-order valence-electron chi connectivity index (χ0n) is 20.2. The number of hydrogen-bond acceptors (Lipinski definition) is 4. The normalized spacial score (nSPS) is 17.5. The first-order chi connectivity index (χ1) is 17.0. The molecule has 0 aliphatic carbocycles. The van der Waals surface area contributed by atoms with Crippen LogP contribution in [0.1, 0.15) is 61.8 Å². The third-order valence-corrected chi connectivity index (χ3v) is 6.88. The van der Waals surface area contributed by atoms with Crippen molar-refractivity contribution in [3.05, 3.63) is 88.3 Å². The molecule has 1 aromatic heterocycles. The van der Waals surface area contributed by atoms with Crippen molar-refractivity contribution < 1.29 is 13.5 Å². The highest BCUT2D eigenvalue weighted by atomic mass is 19.1. The molecule has 2 unspecified atom stereocenters. The number of aromatic nitrogens is 1. The Labute approximate surface area is 204 Å². The van der Waals surface area contributed by atoms with E-state index in [1.54, 1.807) is 12.1 Å². The maximum absolute atomic E-state index is 14.1. The maximum atomic E-state index is 14.1. The van der Waals surface area contributed by atoms with E-state index < -0.39 is 0 Å². The van der Waals surface area contributed by atoms with Gasteiger partial charge in [0.05, 0.1) is 11.7 Å². The molecule has 0 bridgehead atoms. The van der Waals surface area contributed by atoms with Crippen LogP contribution in [0.15, 0.2) is 59.4 Å². The van der Waals surface area contributed by atoms with E-state index in [2.05, 4.69) is 19.2 Å². The largest absolute Gasteiger partial charge is 0.459 e. The number of allylic oxidation sites excluding steroid dienone is 1. The van der Waals surface area contributed by atoms with Crippen LogP contribution in [-0.4, -0.2) is 17.2 Å². The van der Waals surface area contributed by atoms with Crippen molar-refractivity contribution in [3.63, 3.8) is 0 Å². The average molecular weight is 474 g/mol. The quantitative estimate of drug-likeness (QED) is 0.407. The van der Waals surface area contributed by atoms with Gasteiger partial charge in [-0.2, -0.15) is 0 Å². The predicted octanol–water partition coefficient (Wildman–Crippen LogP) is 7.37. The summed E-state index contributed by atoms with van der Waals surface area (Å²) in [6, 6.07) is 10.7. The lowest BCUT2D eigenvalue weighted by Gasteiger charge is -2.30. The molecule has 5 rings (SSSR count). The summed E-state index contributed by atoms with van der Waals surface area (Å²) in [6.07, 6.45) is 7.08. The van der Waals surface area contributed by atoms with E-state index in [0.29, 0.717) is 23.8 Å². The molecule has 0 fully saturated rings. The number of nitrogens with zero attached hydrogens (tertiary/aromatic N) is 2. The zero-order valence-corrected chi connectivity index (χ0v) is 20.2. The number of aryl methyl sites for hydroxylation is 1. The molecule has 0 saturated heterocycles. The van der Waals surface area contributed by atoms with Gasteiger partial charge in [0, 0.05) is 35.5 Å². The molecule has 6 heteroatoms. The van der Waals surface area contributed by atoms with E-state index in [1.165, 1.54) is 24.3 Å². The van der Waals surface area contributed by atoms with Gasteiger partial charge in [-0.15, -0.1) is 0 Å². The molecular formula is C29H29F2N3O. The van der Waals surface area contributed by atoms with Gasteiger partial charge in [0.25, 0.3) is 0 Å². The van der Waals surface area contributed by atoms with Gasteiger partial charge in [-0.25, -0.2) is 13.8 Å². The molecule has 3 heterocycles. The highest BCUT2D eigenvalue weighted by Gasteiger charge is 2.29. The summed E-state index contributed by atoms with van der Waals surface area (Å²) in [6.45, 7) is 6.31. The summed E-state index contributed by atoms with van der Waals surface area (Å²) >= 11 is 0. The van der Waals surface area contributed by atoms with Crippen molar-refractivity contribution in [1.29, 1.82) is 0 Å². The number of rotatable bonds is 6. The Morgan fingerprint density at radius 1 is 1.11 bits per heavy atom. The van der Waals surface area contributed by atoms with Gasteiger partial charge in [-0.1, -0.05) is 26.0 Å². The summed E-state index contributed by atoms with van der Waals surface area (Å²) in [7, 11) is 0. The molecule has 0 saturated carbocycles. The fourth-order valence-electron chi connectivity index (χ4n) is 5.02. The molecular weight excluding hydrogens is 444 g/mol. The van der Waals surface area contributed by atoms with Crippen LogP contribution in [0.2, 0.25) is 0 Å². The number of ether oxygens (including phenoxy) is 1. The monoisotopic (exact) mass is 473 g/mol. The van der Waals surface area contributed by atoms with E-state index >= 15 is 0 Å². The lowest BCUT2D eigenvalue weighted by molar-refractivity contribution is 0.386. The number of benzene rings is 2. The van der Waals surface area contributed by atoms with Gasteiger partial charge in [-0.3, -0.25) is 4.99 Å². The van der Waals surface area contributed by atoms with Gasteiger partial charge >= 0.3 is 0 Å². The van der Waals surface area contributed by atoms with Crippen molar-refractivity contribution in [2.75, 3.05) is 5.32 Å². The third-order valence-electron chi connectivity index (χ3n) is 6.88. The Bertz CT molecular complexity index is 1330. The van der Waals surface area contributed by atoms with E-state index in [0.717, 1.165) is 58.6 Å². The second-order valence-corrected chi connectivity index (χ2v) is 9.15. The topological polar surface area (TPSA) is 46.5 Å². The lowest BCUT2D eigenvalue weighted by Crippen LogP contribution is -2.27. The van der Waals surface area contributed by atoms with Gasteiger partial charge in [0.2, 0.25) is 0 Å². The molecule has 3 aromatic rings. The van der Waals surface area contributed by atoms with Gasteiger partial charge in [-0.05, 0) is 73.6 Å². The number of halogens is 2. The van der Waals surface area contributed by atoms with Gasteiger partial charge < -0.3 is 10.1 Å². The minimum atomic E-state index is -0.324. The van der Waals surface area contributed by atoms with Gasteiger partial charge in [0.1, 0.15) is 29.0 Å². The van der Waals surface area contributed by atoms with Crippen LogP contribution in [0.4, 0.5) is 20.3 Å². The van der Waals surface area contributed by atoms with Crippen LogP contribution >= 0.6 is 0 Å². The molecule has 2 aliphatic heterocycles. The molecule has 2 aliphatic rings. The number of fused-ring (bicyclic) bond motifs is 2. The first kappa shape index (κ1) is 23.2. The van der Waals surface area contributed by atoms with E-state index in [9.17, 15) is 8.78 Å². The predicted molar refractivity (Wildman–Crippen MR) is 137 cm³/mol. The number of nitrogens with one attached hydrogen (secondary N) is 1. The second-order valence-electron chi connectivity index (χ2n) is 9.15. The highest BCUT2D eigenvalue weighted by Crippen LogP contribution is 2.42. The second kappa shape index (κ2) is 9.61. The number of hydrogen-bond donors (Lipinski definition) is 1. The van der Waals surface area contributed by atoms with Gasteiger partial charge in [0.15, 0.2) is 0 Å². The summed E-state index contributed by atoms with van der Waals surface area (Å²) in [5, 5.41) is 3.58. The average Bonchev–Trinajstić information content (AvgIpc) is 2.87. The van der Waals surface area contributed by atoms with E-state index in [1.807, 2.05) is 25.4 Å². The molecule has 4 nitrogen and oxygen atoms in total. The van der Waals surface area contributed by atoms with E-state index in [-0.39, 0.29) is 17.7 Å². The summed E-state index contributed by atoms with van der Waals surface area (Å²) in [5.41, 5.74) is 5.58.